The largest absolute Gasteiger partial charge is 0.466 e. The fourth-order valence-corrected chi connectivity index (χ4v) is 3.34. The molecule has 0 saturated carbocycles. The Balaban J connectivity index is 3.27. The SMILES string of the molecule is CC/C=C/CCOC(=O)CCCCCCCCC(=O)OCCCCCCCCCC. The van der Waals surface area contributed by atoms with E-state index in [9.17, 15) is 9.59 Å². The normalized spacial score (nSPS) is 11.1. The maximum absolute atomic E-state index is 11.7. The fraction of sp³-hybridized carbons (Fsp3) is 0.846. The second-order valence-electron chi connectivity index (χ2n) is 8.21. The average molecular weight is 425 g/mol. The maximum Gasteiger partial charge on any atom is 0.305 e. The third kappa shape index (κ3) is 23.0. The van der Waals surface area contributed by atoms with E-state index in [4.69, 9.17) is 9.47 Å². The number of esters is 2. The molecule has 0 aromatic rings. The van der Waals surface area contributed by atoms with Gasteiger partial charge in [0.05, 0.1) is 13.2 Å². The molecule has 4 heteroatoms. The van der Waals surface area contributed by atoms with Gasteiger partial charge in [-0.2, -0.15) is 0 Å². The van der Waals surface area contributed by atoms with E-state index in [-0.39, 0.29) is 11.9 Å². The van der Waals surface area contributed by atoms with Crippen LogP contribution in [-0.4, -0.2) is 25.2 Å². The Hall–Kier alpha value is -1.32. The van der Waals surface area contributed by atoms with E-state index < -0.39 is 0 Å². The lowest BCUT2D eigenvalue weighted by Crippen LogP contribution is -2.05. The van der Waals surface area contributed by atoms with Gasteiger partial charge in [-0.05, 0) is 32.1 Å². The third-order valence-electron chi connectivity index (χ3n) is 5.22. The lowest BCUT2D eigenvalue weighted by Gasteiger charge is -2.05. The average Bonchev–Trinajstić information content (AvgIpc) is 2.74. The zero-order chi connectivity index (χ0) is 22.1. The summed E-state index contributed by atoms with van der Waals surface area (Å²) in [7, 11) is 0. The van der Waals surface area contributed by atoms with Crippen LogP contribution < -0.4 is 0 Å². The van der Waals surface area contributed by atoms with Crippen LogP contribution in [0.3, 0.4) is 0 Å². The minimum absolute atomic E-state index is 0.0468. The highest BCUT2D eigenvalue weighted by Gasteiger charge is 2.04. The highest BCUT2D eigenvalue weighted by Crippen LogP contribution is 2.11. The van der Waals surface area contributed by atoms with Crippen LogP contribution in [0.15, 0.2) is 12.2 Å². The topological polar surface area (TPSA) is 52.6 Å². The van der Waals surface area contributed by atoms with Crippen molar-refractivity contribution in [3.63, 3.8) is 0 Å². The quantitative estimate of drug-likeness (QED) is 0.101. The predicted octanol–water partition coefficient (Wildman–Crippen LogP) is 7.69. The summed E-state index contributed by atoms with van der Waals surface area (Å²) in [5, 5.41) is 0. The number of unbranched alkanes of at least 4 members (excludes halogenated alkanes) is 12. The molecule has 0 heterocycles. The standard InChI is InChI=1S/C26H48O4/c1-3-5-7-9-10-13-16-20-24-30-26(28)22-18-15-12-11-14-17-21-25(27)29-23-19-8-6-4-2/h6,8H,3-5,7,9-24H2,1-2H3/b8-6+. The molecule has 0 aromatic carbocycles. The van der Waals surface area contributed by atoms with Gasteiger partial charge in [-0.1, -0.05) is 96.6 Å². The zero-order valence-corrected chi connectivity index (χ0v) is 19.9. The summed E-state index contributed by atoms with van der Waals surface area (Å²) in [5.74, 6) is -0.131. The Bertz CT molecular complexity index is 417. The summed E-state index contributed by atoms with van der Waals surface area (Å²) in [6.07, 6.45) is 23.2. The first-order chi connectivity index (χ1) is 14.7. The van der Waals surface area contributed by atoms with Crippen molar-refractivity contribution in [3.05, 3.63) is 12.2 Å². The molecule has 0 unspecified atom stereocenters. The van der Waals surface area contributed by atoms with Crippen LogP contribution in [0.25, 0.3) is 0 Å². The van der Waals surface area contributed by atoms with Crippen LogP contribution in [-0.2, 0) is 19.1 Å². The lowest BCUT2D eigenvalue weighted by atomic mass is 10.1. The van der Waals surface area contributed by atoms with Crippen molar-refractivity contribution in [2.45, 2.75) is 129 Å². The molecule has 0 fully saturated rings. The fourth-order valence-electron chi connectivity index (χ4n) is 3.34. The number of ether oxygens (including phenoxy) is 2. The second-order valence-corrected chi connectivity index (χ2v) is 8.21. The number of carbonyl (C=O) groups is 2. The highest BCUT2D eigenvalue weighted by molar-refractivity contribution is 5.69. The molecule has 0 aromatic heterocycles. The summed E-state index contributed by atoms with van der Waals surface area (Å²) in [5.41, 5.74) is 0. The molecule has 176 valence electrons. The van der Waals surface area contributed by atoms with E-state index in [1.54, 1.807) is 0 Å². The summed E-state index contributed by atoms with van der Waals surface area (Å²) >= 11 is 0. The van der Waals surface area contributed by atoms with Crippen molar-refractivity contribution in [1.29, 1.82) is 0 Å². The molecule has 0 radical (unpaired) electrons. The monoisotopic (exact) mass is 424 g/mol. The van der Waals surface area contributed by atoms with Gasteiger partial charge >= 0.3 is 11.9 Å². The molecule has 0 aliphatic heterocycles. The molecule has 0 amide bonds. The number of hydrogen-bond acceptors (Lipinski definition) is 4. The molecule has 0 aliphatic rings. The minimum atomic E-state index is -0.0841. The Labute approximate surface area is 186 Å². The van der Waals surface area contributed by atoms with Crippen molar-refractivity contribution in [3.8, 4) is 0 Å². The first-order valence-electron chi connectivity index (χ1n) is 12.7. The van der Waals surface area contributed by atoms with Crippen molar-refractivity contribution >= 4 is 11.9 Å². The molecule has 0 aliphatic carbocycles. The number of allylic oxidation sites excluding steroid dienone is 1. The Morgan fingerprint density at radius 1 is 0.567 bits per heavy atom. The van der Waals surface area contributed by atoms with Gasteiger partial charge in [0.15, 0.2) is 0 Å². The van der Waals surface area contributed by atoms with Gasteiger partial charge in [-0.25, -0.2) is 0 Å². The highest BCUT2D eigenvalue weighted by atomic mass is 16.5. The van der Waals surface area contributed by atoms with Gasteiger partial charge in [0.1, 0.15) is 0 Å². The number of hydrogen-bond donors (Lipinski definition) is 0. The third-order valence-corrected chi connectivity index (χ3v) is 5.22. The van der Waals surface area contributed by atoms with E-state index in [1.807, 2.05) is 0 Å². The van der Waals surface area contributed by atoms with E-state index in [2.05, 4.69) is 26.0 Å². The van der Waals surface area contributed by atoms with Crippen molar-refractivity contribution < 1.29 is 19.1 Å². The minimum Gasteiger partial charge on any atom is -0.466 e. The molecule has 0 rings (SSSR count). The first kappa shape index (κ1) is 28.7. The van der Waals surface area contributed by atoms with Gasteiger partial charge < -0.3 is 9.47 Å². The molecule has 0 bridgehead atoms. The summed E-state index contributed by atoms with van der Waals surface area (Å²) in [4.78, 5) is 23.3. The van der Waals surface area contributed by atoms with Crippen LogP contribution in [0, 0.1) is 0 Å². The van der Waals surface area contributed by atoms with Crippen LogP contribution in [0.1, 0.15) is 129 Å². The summed E-state index contributed by atoms with van der Waals surface area (Å²) in [6, 6.07) is 0. The summed E-state index contributed by atoms with van der Waals surface area (Å²) < 4.78 is 10.5. The predicted molar refractivity (Wildman–Crippen MR) is 126 cm³/mol. The van der Waals surface area contributed by atoms with Gasteiger partial charge in [-0.3, -0.25) is 9.59 Å². The summed E-state index contributed by atoms with van der Waals surface area (Å²) in [6.45, 7) is 5.40. The van der Waals surface area contributed by atoms with E-state index in [0.717, 1.165) is 57.8 Å². The molecule has 0 saturated heterocycles. The van der Waals surface area contributed by atoms with Gasteiger partial charge in [0, 0.05) is 12.8 Å². The molecule has 0 atom stereocenters. The maximum atomic E-state index is 11.7. The number of rotatable bonds is 22. The van der Waals surface area contributed by atoms with Gasteiger partial charge in [0.25, 0.3) is 0 Å². The molecule has 30 heavy (non-hydrogen) atoms. The Morgan fingerprint density at radius 2 is 1.03 bits per heavy atom. The van der Waals surface area contributed by atoms with Crippen LogP contribution in [0.5, 0.6) is 0 Å². The molecule has 0 spiro atoms. The van der Waals surface area contributed by atoms with Crippen LogP contribution in [0.2, 0.25) is 0 Å². The van der Waals surface area contributed by atoms with Gasteiger partial charge in [-0.15, -0.1) is 0 Å². The van der Waals surface area contributed by atoms with Crippen LogP contribution in [0.4, 0.5) is 0 Å². The molecular weight excluding hydrogens is 376 g/mol. The van der Waals surface area contributed by atoms with Crippen molar-refractivity contribution in [2.24, 2.45) is 0 Å². The number of carbonyl (C=O) groups excluding carboxylic acids is 2. The Morgan fingerprint density at radius 3 is 1.57 bits per heavy atom. The van der Waals surface area contributed by atoms with E-state index in [1.165, 1.54) is 44.9 Å². The zero-order valence-electron chi connectivity index (χ0n) is 19.9. The first-order valence-corrected chi connectivity index (χ1v) is 12.7. The van der Waals surface area contributed by atoms with E-state index in [0.29, 0.717) is 26.1 Å². The second kappa shape index (κ2) is 24.0. The molecule has 0 N–H and O–H groups in total. The smallest absolute Gasteiger partial charge is 0.305 e. The molecule has 4 nitrogen and oxygen atoms in total. The Kier molecular flexibility index (Phi) is 22.9. The van der Waals surface area contributed by atoms with E-state index >= 15 is 0 Å². The lowest BCUT2D eigenvalue weighted by molar-refractivity contribution is -0.144. The van der Waals surface area contributed by atoms with Gasteiger partial charge in [0.2, 0.25) is 0 Å². The van der Waals surface area contributed by atoms with Crippen molar-refractivity contribution in [2.75, 3.05) is 13.2 Å². The molecular formula is C26H48O4. The van der Waals surface area contributed by atoms with Crippen LogP contribution >= 0.6 is 0 Å². The van der Waals surface area contributed by atoms with Crippen molar-refractivity contribution in [1.82, 2.24) is 0 Å².